The molecule has 0 bridgehead atoms. The van der Waals surface area contributed by atoms with E-state index in [0.29, 0.717) is 15.7 Å². The molecule has 0 aliphatic carbocycles. The smallest absolute Gasteiger partial charge is 0.0967 e. The Morgan fingerprint density at radius 3 is 2.72 bits per heavy atom. The summed E-state index contributed by atoms with van der Waals surface area (Å²) >= 11 is 19.1. The molecule has 0 fully saturated rings. The van der Waals surface area contributed by atoms with Crippen molar-refractivity contribution >= 4 is 55.1 Å². The van der Waals surface area contributed by atoms with Crippen molar-refractivity contribution in [3.8, 4) is 5.69 Å². The van der Waals surface area contributed by atoms with Crippen LogP contribution in [-0.4, -0.2) is 15.0 Å². The maximum Gasteiger partial charge on any atom is 0.0967 e. The van der Waals surface area contributed by atoms with Crippen LogP contribution in [0.3, 0.4) is 0 Å². The zero-order valence-corrected chi connectivity index (χ0v) is 14.1. The minimum Gasteiger partial charge on any atom is -0.219 e. The molecule has 0 aliphatic heterocycles. The summed E-state index contributed by atoms with van der Waals surface area (Å²) in [5, 5.41) is 9.09. The first-order chi connectivity index (χ1) is 8.54. The molecule has 0 radical (unpaired) electrons. The molecule has 1 unspecified atom stereocenters. The highest BCUT2D eigenvalue weighted by atomic mass is 79.9. The van der Waals surface area contributed by atoms with Crippen LogP contribution in [0.5, 0.6) is 0 Å². The fourth-order valence-electron chi connectivity index (χ4n) is 1.44. The van der Waals surface area contributed by atoms with Gasteiger partial charge in [0.1, 0.15) is 0 Å². The van der Waals surface area contributed by atoms with E-state index < -0.39 is 0 Å². The summed E-state index contributed by atoms with van der Waals surface area (Å²) in [7, 11) is 0. The van der Waals surface area contributed by atoms with Crippen LogP contribution in [0.1, 0.15) is 23.9 Å². The van der Waals surface area contributed by atoms with E-state index in [9.17, 15) is 0 Å². The van der Waals surface area contributed by atoms with Crippen molar-refractivity contribution in [3.63, 3.8) is 0 Å². The van der Waals surface area contributed by atoms with E-state index in [-0.39, 0.29) is 4.83 Å². The molecule has 1 heterocycles. The summed E-state index contributed by atoms with van der Waals surface area (Å²) in [4.78, 5) is 0.191. The molecule has 2 rings (SSSR count). The Morgan fingerprint density at radius 2 is 2.06 bits per heavy atom. The lowest BCUT2D eigenvalue weighted by molar-refractivity contribution is 0.790. The third kappa shape index (κ3) is 2.74. The molecule has 1 aromatic carbocycles. The minimum atomic E-state index is 0.191. The Labute approximate surface area is 132 Å². The van der Waals surface area contributed by atoms with E-state index in [1.165, 1.54) is 0 Å². The predicted molar refractivity (Wildman–Crippen MR) is 81.0 cm³/mol. The molecule has 0 aliphatic rings. The third-order valence-electron chi connectivity index (χ3n) is 2.45. The van der Waals surface area contributed by atoms with Gasteiger partial charge in [-0.25, -0.2) is 4.68 Å². The van der Waals surface area contributed by atoms with Gasteiger partial charge in [0.15, 0.2) is 0 Å². The van der Waals surface area contributed by atoms with E-state index in [2.05, 4.69) is 49.1 Å². The number of benzene rings is 1. The average Bonchev–Trinajstić information content (AvgIpc) is 2.84. The summed E-state index contributed by atoms with van der Waals surface area (Å²) in [5.74, 6) is 0. The lowest BCUT2D eigenvalue weighted by Gasteiger charge is -2.06. The highest BCUT2D eigenvalue weighted by molar-refractivity contribution is 9.10. The van der Waals surface area contributed by atoms with Gasteiger partial charge in [0, 0.05) is 4.47 Å². The van der Waals surface area contributed by atoms with E-state index in [4.69, 9.17) is 23.2 Å². The van der Waals surface area contributed by atoms with Crippen molar-refractivity contribution in [1.29, 1.82) is 0 Å². The number of halogens is 4. The fourth-order valence-corrected chi connectivity index (χ4v) is 2.51. The molecule has 0 saturated carbocycles. The molecule has 0 spiro atoms. The van der Waals surface area contributed by atoms with Gasteiger partial charge in [-0.05, 0) is 34.5 Å². The van der Waals surface area contributed by atoms with Crippen LogP contribution in [0.2, 0.25) is 10.0 Å². The molecule has 7 heteroatoms. The van der Waals surface area contributed by atoms with Gasteiger partial charge in [-0.1, -0.05) is 51.3 Å². The van der Waals surface area contributed by atoms with Crippen LogP contribution in [0.15, 0.2) is 22.8 Å². The first-order valence-electron chi connectivity index (χ1n) is 5.24. The molecule has 1 aromatic heterocycles. The van der Waals surface area contributed by atoms with Crippen LogP contribution in [0, 0.1) is 0 Å². The molecule has 3 nitrogen and oxygen atoms in total. The van der Waals surface area contributed by atoms with E-state index in [1.807, 2.05) is 18.3 Å². The zero-order chi connectivity index (χ0) is 13.3. The van der Waals surface area contributed by atoms with Crippen molar-refractivity contribution in [2.24, 2.45) is 0 Å². The van der Waals surface area contributed by atoms with E-state index >= 15 is 0 Å². The molecular weight excluding hydrogens is 405 g/mol. The molecule has 0 N–H and O–H groups in total. The summed E-state index contributed by atoms with van der Waals surface area (Å²) in [5.41, 5.74) is 1.58. The van der Waals surface area contributed by atoms with Gasteiger partial charge in [-0.3, -0.25) is 0 Å². The number of rotatable bonds is 3. The van der Waals surface area contributed by atoms with Crippen LogP contribution < -0.4 is 0 Å². The number of nitrogens with zero attached hydrogens (tertiary/aromatic N) is 3. The van der Waals surface area contributed by atoms with Gasteiger partial charge < -0.3 is 0 Å². The molecule has 0 amide bonds. The van der Waals surface area contributed by atoms with Crippen LogP contribution >= 0.6 is 55.1 Å². The second kappa shape index (κ2) is 5.90. The second-order valence-electron chi connectivity index (χ2n) is 3.66. The van der Waals surface area contributed by atoms with Crippen LogP contribution in [-0.2, 0) is 0 Å². The normalized spacial score (nSPS) is 12.7. The largest absolute Gasteiger partial charge is 0.219 e. The highest BCUT2D eigenvalue weighted by Gasteiger charge is 2.14. The standard InChI is InChI=1S/C11H9Br2Cl2N3/c1-2-6(12)8-5-18(17-16-8)9-4-3-7(13)10(14)11(9)15/h3-6H,2H2,1H3. The van der Waals surface area contributed by atoms with Crippen molar-refractivity contribution in [2.75, 3.05) is 0 Å². The third-order valence-corrected chi connectivity index (χ3v) is 5.33. The van der Waals surface area contributed by atoms with Crippen molar-refractivity contribution in [2.45, 2.75) is 18.2 Å². The molecular formula is C11H9Br2Cl2N3. The molecule has 1 atom stereocenters. The monoisotopic (exact) mass is 411 g/mol. The highest BCUT2D eigenvalue weighted by Crippen LogP contribution is 2.35. The molecule has 96 valence electrons. The van der Waals surface area contributed by atoms with Crippen molar-refractivity contribution in [3.05, 3.63) is 38.5 Å². The quantitative estimate of drug-likeness (QED) is 0.512. The summed E-state index contributed by atoms with van der Waals surface area (Å²) in [6.07, 6.45) is 2.78. The fraction of sp³-hybridized carbons (Fsp3) is 0.273. The topological polar surface area (TPSA) is 30.7 Å². The van der Waals surface area contributed by atoms with Crippen LogP contribution in [0.25, 0.3) is 5.69 Å². The Bertz CT molecular complexity index is 571. The maximum atomic E-state index is 6.19. The first kappa shape index (κ1) is 14.3. The lowest BCUT2D eigenvalue weighted by atomic mass is 10.3. The van der Waals surface area contributed by atoms with Crippen molar-refractivity contribution in [1.82, 2.24) is 15.0 Å². The summed E-state index contributed by atoms with van der Waals surface area (Å²) in [6, 6.07) is 3.67. The minimum absolute atomic E-state index is 0.191. The summed E-state index contributed by atoms with van der Waals surface area (Å²) in [6.45, 7) is 2.07. The van der Waals surface area contributed by atoms with E-state index in [0.717, 1.165) is 16.6 Å². The van der Waals surface area contributed by atoms with Gasteiger partial charge >= 0.3 is 0 Å². The average molecular weight is 414 g/mol. The zero-order valence-electron chi connectivity index (χ0n) is 9.37. The number of aromatic nitrogens is 3. The Balaban J connectivity index is 2.43. The molecule has 2 aromatic rings. The number of alkyl halides is 1. The molecule has 18 heavy (non-hydrogen) atoms. The van der Waals surface area contributed by atoms with Crippen molar-refractivity contribution < 1.29 is 0 Å². The first-order valence-corrected chi connectivity index (χ1v) is 7.71. The number of hydrogen-bond donors (Lipinski definition) is 0. The van der Waals surface area contributed by atoms with Gasteiger partial charge in [-0.2, -0.15) is 0 Å². The van der Waals surface area contributed by atoms with Crippen LogP contribution in [0.4, 0.5) is 0 Å². The lowest BCUT2D eigenvalue weighted by Crippen LogP contribution is -1.96. The van der Waals surface area contributed by atoms with Gasteiger partial charge in [0.25, 0.3) is 0 Å². The Hall–Kier alpha value is -0.100. The molecule has 0 saturated heterocycles. The summed E-state index contributed by atoms with van der Waals surface area (Å²) < 4.78 is 2.38. The Morgan fingerprint density at radius 1 is 1.33 bits per heavy atom. The predicted octanol–water partition coefficient (Wildman–Crippen LogP) is 5.18. The van der Waals surface area contributed by atoms with E-state index in [1.54, 1.807) is 4.68 Å². The second-order valence-corrected chi connectivity index (χ2v) is 6.37. The Kier molecular flexibility index (Phi) is 4.69. The van der Waals surface area contributed by atoms with Gasteiger partial charge in [-0.15, -0.1) is 5.10 Å². The van der Waals surface area contributed by atoms with Gasteiger partial charge in [0.2, 0.25) is 0 Å². The van der Waals surface area contributed by atoms with Gasteiger partial charge in [0.05, 0.1) is 32.5 Å². The number of hydrogen-bond acceptors (Lipinski definition) is 2. The SMILES string of the molecule is CCC(Br)c1cn(-c2ccc(Br)c(Cl)c2Cl)nn1. The maximum absolute atomic E-state index is 6.19.